The molecule has 0 aromatic heterocycles. The lowest BCUT2D eigenvalue weighted by atomic mass is 10.1. The van der Waals surface area contributed by atoms with Gasteiger partial charge >= 0.3 is 0 Å². The van der Waals surface area contributed by atoms with Crippen molar-refractivity contribution < 1.29 is 23.9 Å². The first-order chi connectivity index (χ1) is 21.9. The van der Waals surface area contributed by atoms with Gasteiger partial charge in [0.05, 0.1) is 20.0 Å². The van der Waals surface area contributed by atoms with Crippen LogP contribution in [0.5, 0.6) is 11.5 Å². The van der Waals surface area contributed by atoms with Crippen molar-refractivity contribution in [1.82, 2.24) is 5.32 Å². The number of thioether (sulfide) groups is 1. The molecule has 9 heteroatoms. The normalized spacial score (nSPS) is 11.0. The van der Waals surface area contributed by atoms with Gasteiger partial charge in [-0.05, 0) is 71.4 Å². The molecule has 5 rings (SSSR count). The highest BCUT2D eigenvalue weighted by Gasteiger charge is 2.17. The smallest absolute Gasteiger partial charge is 0.272 e. The van der Waals surface area contributed by atoms with Crippen molar-refractivity contribution in [3.8, 4) is 11.5 Å². The maximum atomic E-state index is 13.5. The average Bonchev–Trinajstić information content (AvgIpc) is 3.07. The number of hydrogen-bond donors (Lipinski definition) is 3. The Hall–Kier alpha value is -5.54. The van der Waals surface area contributed by atoms with E-state index in [1.165, 1.54) is 18.9 Å². The molecule has 8 nitrogen and oxygen atoms in total. The predicted molar refractivity (Wildman–Crippen MR) is 180 cm³/mol. The van der Waals surface area contributed by atoms with Crippen molar-refractivity contribution in [3.05, 3.63) is 132 Å². The number of benzene rings is 5. The predicted octanol–water partition coefficient (Wildman–Crippen LogP) is 7.00. The van der Waals surface area contributed by atoms with Crippen LogP contribution in [0, 0.1) is 0 Å². The Morgan fingerprint density at radius 1 is 0.711 bits per heavy atom. The van der Waals surface area contributed by atoms with Crippen LogP contribution in [0.15, 0.2) is 126 Å². The van der Waals surface area contributed by atoms with Crippen LogP contribution in [0.3, 0.4) is 0 Å². The highest BCUT2D eigenvalue weighted by molar-refractivity contribution is 8.00. The summed E-state index contributed by atoms with van der Waals surface area (Å²) in [5.74, 6) is 0.115. The second-order valence-electron chi connectivity index (χ2n) is 9.87. The number of fused-ring (bicyclic) bond motifs is 1. The van der Waals surface area contributed by atoms with Crippen LogP contribution in [0.25, 0.3) is 16.8 Å². The van der Waals surface area contributed by atoms with Gasteiger partial charge in [-0.25, -0.2) is 0 Å². The number of nitrogens with one attached hydrogen (secondary N) is 3. The number of rotatable bonds is 11. The quantitative estimate of drug-likeness (QED) is 0.109. The number of carbonyl (C=O) groups is 3. The molecular formula is C36H31N3O5S. The van der Waals surface area contributed by atoms with E-state index in [1.807, 2.05) is 48.5 Å². The van der Waals surface area contributed by atoms with E-state index in [1.54, 1.807) is 79.9 Å². The van der Waals surface area contributed by atoms with E-state index in [-0.39, 0.29) is 17.4 Å². The van der Waals surface area contributed by atoms with Gasteiger partial charge in [0.2, 0.25) is 5.91 Å². The molecule has 226 valence electrons. The summed E-state index contributed by atoms with van der Waals surface area (Å²) in [5, 5.41) is 10.7. The van der Waals surface area contributed by atoms with E-state index in [0.717, 1.165) is 21.4 Å². The van der Waals surface area contributed by atoms with Gasteiger partial charge in [0.15, 0.2) is 0 Å². The molecule has 0 saturated heterocycles. The fraction of sp³-hybridized carbons (Fsp3) is 0.0833. The van der Waals surface area contributed by atoms with Gasteiger partial charge in [0.1, 0.15) is 17.2 Å². The molecule has 5 aromatic carbocycles. The molecule has 0 unspecified atom stereocenters. The largest absolute Gasteiger partial charge is 0.497 e. The summed E-state index contributed by atoms with van der Waals surface area (Å²) in [4.78, 5) is 40.1. The van der Waals surface area contributed by atoms with Crippen molar-refractivity contribution >= 4 is 57.7 Å². The molecule has 0 fully saturated rings. The molecular weight excluding hydrogens is 586 g/mol. The first-order valence-electron chi connectivity index (χ1n) is 14.0. The SMILES string of the molecule is COc1ccc(/C=C(/NC(=O)c2ccccc2)C(=O)Nc2cccc(SCC(=O)Nc3ccc4ccccc4c3)c2)c(OC)c1. The molecule has 5 aromatic rings. The fourth-order valence-corrected chi connectivity index (χ4v) is 5.27. The first-order valence-corrected chi connectivity index (χ1v) is 15.0. The molecule has 0 radical (unpaired) electrons. The summed E-state index contributed by atoms with van der Waals surface area (Å²) >= 11 is 1.34. The molecule has 3 amide bonds. The minimum atomic E-state index is -0.534. The molecule has 0 bridgehead atoms. The second kappa shape index (κ2) is 14.8. The van der Waals surface area contributed by atoms with E-state index < -0.39 is 11.8 Å². The van der Waals surface area contributed by atoms with Gasteiger partial charge in [-0.15, -0.1) is 11.8 Å². The third-order valence-electron chi connectivity index (χ3n) is 6.76. The minimum Gasteiger partial charge on any atom is -0.497 e. The Bertz CT molecular complexity index is 1870. The van der Waals surface area contributed by atoms with Crippen LogP contribution in [0.1, 0.15) is 15.9 Å². The number of hydrogen-bond acceptors (Lipinski definition) is 6. The lowest BCUT2D eigenvalue weighted by molar-refractivity contribution is -0.114. The van der Waals surface area contributed by atoms with E-state index in [0.29, 0.717) is 28.3 Å². The molecule has 0 atom stereocenters. The monoisotopic (exact) mass is 617 g/mol. The maximum absolute atomic E-state index is 13.5. The van der Waals surface area contributed by atoms with Crippen molar-refractivity contribution in [2.45, 2.75) is 4.90 Å². The standard InChI is InChI=1S/C36H31N3O5S/c1-43-30-18-16-27(33(22-30)44-2)20-32(39-35(41)25-10-4-3-5-11-25)36(42)38-28-13-8-14-31(21-28)45-23-34(40)37-29-17-15-24-9-6-7-12-26(24)19-29/h3-22H,23H2,1-2H3,(H,37,40)(H,38,42)(H,39,41)/b32-20+. The number of carbonyl (C=O) groups excluding carboxylic acids is 3. The van der Waals surface area contributed by atoms with Gasteiger partial charge in [-0.2, -0.15) is 0 Å². The van der Waals surface area contributed by atoms with Gasteiger partial charge in [-0.3, -0.25) is 14.4 Å². The third kappa shape index (κ3) is 8.31. The van der Waals surface area contributed by atoms with Crippen LogP contribution in [0.2, 0.25) is 0 Å². The topological polar surface area (TPSA) is 106 Å². The van der Waals surface area contributed by atoms with Crippen LogP contribution < -0.4 is 25.4 Å². The van der Waals surface area contributed by atoms with E-state index in [2.05, 4.69) is 16.0 Å². The van der Waals surface area contributed by atoms with Gasteiger partial charge in [-0.1, -0.05) is 54.6 Å². The Labute approximate surface area is 265 Å². The van der Waals surface area contributed by atoms with Crippen LogP contribution in [-0.4, -0.2) is 37.7 Å². The summed E-state index contributed by atoms with van der Waals surface area (Å²) in [6, 6.07) is 34.7. The molecule has 0 heterocycles. The zero-order chi connectivity index (χ0) is 31.6. The van der Waals surface area contributed by atoms with E-state index in [4.69, 9.17) is 9.47 Å². The summed E-state index contributed by atoms with van der Waals surface area (Å²) < 4.78 is 10.8. The van der Waals surface area contributed by atoms with Gasteiger partial charge in [0.25, 0.3) is 11.8 Å². The summed E-state index contributed by atoms with van der Waals surface area (Å²) in [7, 11) is 3.06. The van der Waals surface area contributed by atoms with E-state index in [9.17, 15) is 14.4 Å². The zero-order valence-electron chi connectivity index (χ0n) is 24.7. The molecule has 0 aliphatic heterocycles. The number of anilines is 2. The molecule has 0 spiro atoms. The molecule has 45 heavy (non-hydrogen) atoms. The Kier molecular flexibility index (Phi) is 10.1. The first kappa shape index (κ1) is 30.9. The number of amides is 3. The molecule has 0 saturated carbocycles. The summed E-state index contributed by atoms with van der Waals surface area (Å²) in [6.45, 7) is 0. The van der Waals surface area contributed by atoms with Crippen LogP contribution in [0.4, 0.5) is 11.4 Å². The van der Waals surface area contributed by atoms with Crippen molar-refractivity contribution in [2.24, 2.45) is 0 Å². The van der Waals surface area contributed by atoms with Gasteiger partial charge in [0, 0.05) is 33.5 Å². The molecule has 0 aliphatic rings. The lowest BCUT2D eigenvalue weighted by Gasteiger charge is -2.13. The second-order valence-corrected chi connectivity index (χ2v) is 10.9. The van der Waals surface area contributed by atoms with E-state index >= 15 is 0 Å². The Balaban J connectivity index is 1.29. The average molecular weight is 618 g/mol. The van der Waals surface area contributed by atoms with Crippen LogP contribution in [-0.2, 0) is 9.59 Å². The summed E-state index contributed by atoms with van der Waals surface area (Å²) in [5.41, 5.74) is 2.21. The highest BCUT2D eigenvalue weighted by Crippen LogP contribution is 2.27. The fourth-order valence-electron chi connectivity index (χ4n) is 4.51. The third-order valence-corrected chi connectivity index (χ3v) is 7.76. The lowest BCUT2D eigenvalue weighted by Crippen LogP contribution is -2.30. The van der Waals surface area contributed by atoms with Crippen molar-refractivity contribution in [2.75, 3.05) is 30.6 Å². The Morgan fingerprint density at radius 2 is 1.47 bits per heavy atom. The maximum Gasteiger partial charge on any atom is 0.272 e. The minimum absolute atomic E-state index is 0.0140. The van der Waals surface area contributed by atoms with Crippen LogP contribution >= 0.6 is 11.8 Å². The summed E-state index contributed by atoms with van der Waals surface area (Å²) in [6.07, 6.45) is 1.55. The van der Waals surface area contributed by atoms with Crippen molar-refractivity contribution in [3.63, 3.8) is 0 Å². The highest BCUT2D eigenvalue weighted by atomic mass is 32.2. The van der Waals surface area contributed by atoms with Gasteiger partial charge < -0.3 is 25.4 Å². The number of ether oxygens (including phenoxy) is 2. The van der Waals surface area contributed by atoms with Crippen molar-refractivity contribution in [1.29, 1.82) is 0 Å². The number of methoxy groups -OCH3 is 2. The Morgan fingerprint density at radius 3 is 2.24 bits per heavy atom. The molecule has 3 N–H and O–H groups in total. The zero-order valence-corrected chi connectivity index (χ0v) is 25.5. The molecule has 0 aliphatic carbocycles.